The Kier molecular flexibility index (Phi) is 4.76. The fraction of sp³-hybridized carbons (Fsp3) is 0.333. The summed E-state index contributed by atoms with van der Waals surface area (Å²) in [6.07, 6.45) is 6.59. The molecule has 0 unspecified atom stereocenters. The molecule has 5 nitrogen and oxygen atoms in total. The first-order valence-corrected chi connectivity index (χ1v) is 6.67. The largest absolute Gasteiger partial charge is 0.478 e. The van der Waals surface area contributed by atoms with E-state index in [2.05, 4.69) is 22.8 Å². The molecule has 5 heteroatoms. The molecule has 2 amide bonds. The maximum atomic E-state index is 11.6. The summed E-state index contributed by atoms with van der Waals surface area (Å²) in [5.41, 5.74) is 1.27. The number of aromatic carboxylic acids is 1. The second kappa shape index (κ2) is 6.75. The van der Waals surface area contributed by atoms with Gasteiger partial charge in [-0.25, -0.2) is 9.59 Å². The van der Waals surface area contributed by atoms with Crippen LogP contribution in [0.15, 0.2) is 36.4 Å². The standard InChI is InChI=1S/C15H18N2O3/c18-14(19)12-7-5-11(6-8-12)9-10-16-15(20)17-13-3-1-2-4-13/h1-2,5-8,13H,3-4,9-10H2,(H,18,19)(H2,16,17,20). The highest BCUT2D eigenvalue weighted by Crippen LogP contribution is 2.08. The zero-order chi connectivity index (χ0) is 14.4. The number of hydrogen-bond donors (Lipinski definition) is 3. The van der Waals surface area contributed by atoms with Crippen molar-refractivity contribution in [2.45, 2.75) is 25.3 Å². The van der Waals surface area contributed by atoms with E-state index in [9.17, 15) is 9.59 Å². The van der Waals surface area contributed by atoms with Crippen LogP contribution in [-0.4, -0.2) is 29.7 Å². The molecule has 106 valence electrons. The van der Waals surface area contributed by atoms with Gasteiger partial charge in [0.05, 0.1) is 5.56 Å². The summed E-state index contributed by atoms with van der Waals surface area (Å²) in [4.78, 5) is 22.3. The smallest absolute Gasteiger partial charge is 0.335 e. The maximum absolute atomic E-state index is 11.6. The minimum Gasteiger partial charge on any atom is -0.478 e. The Balaban J connectivity index is 1.69. The van der Waals surface area contributed by atoms with Gasteiger partial charge in [-0.05, 0) is 37.0 Å². The van der Waals surface area contributed by atoms with E-state index in [1.807, 2.05) is 0 Å². The zero-order valence-corrected chi connectivity index (χ0v) is 11.1. The number of carboxylic acids is 1. The Morgan fingerprint density at radius 3 is 2.40 bits per heavy atom. The van der Waals surface area contributed by atoms with Crippen molar-refractivity contribution >= 4 is 12.0 Å². The second-order valence-electron chi connectivity index (χ2n) is 4.79. The first-order chi connectivity index (χ1) is 9.65. The fourth-order valence-electron chi connectivity index (χ4n) is 2.11. The van der Waals surface area contributed by atoms with Crippen LogP contribution in [0.2, 0.25) is 0 Å². The van der Waals surface area contributed by atoms with Crippen molar-refractivity contribution in [1.29, 1.82) is 0 Å². The van der Waals surface area contributed by atoms with Crippen molar-refractivity contribution in [3.05, 3.63) is 47.5 Å². The van der Waals surface area contributed by atoms with Crippen LogP contribution in [0.1, 0.15) is 28.8 Å². The molecule has 20 heavy (non-hydrogen) atoms. The Labute approximate surface area is 117 Å². The van der Waals surface area contributed by atoms with E-state index in [-0.39, 0.29) is 17.6 Å². The van der Waals surface area contributed by atoms with Gasteiger partial charge in [0.15, 0.2) is 0 Å². The van der Waals surface area contributed by atoms with Gasteiger partial charge >= 0.3 is 12.0 Å². The molecular weight excluding hydrogens is 256 g/mol. The number of benzene rings is 1. The molecule has 3 N–H and O–H groups in total. The summed E-state index contributed by atoms with van der Waals surface area (Å²) in [6, 6.07) is 6.74. The van der Waals surface area contributed by atoms with Gasteiger partial charge in [-0.15, -0.1) is 0 Å². The minimum atomic E-state index is -0.931. The van der Waals surface area contributed by atoms with E-state index in [1.54, 1.807) is 24.3 Å². The molecule has 0 aliphatic heterocycles. The molecule has 1 aliphatic rings. The Morgan fingerprint density at radius 1 is 1.15 bits per heavy atom. The molecule has 2 rings (SSSR count). The van der Waals surface area contributed by atoms with Crippen molar-refractivity contribution in [2.24, 2.45) is 0 Å². The summed E-state index contributed by atoms with van der Waals surface area (Å²) in [5.74, 6) is -0.931. The van der Waals surface area contributed by atoms with Gasteiger partial charge < -0.3 is 15.7 Å². The summed E-state index contributed by atoms with van der Waals surface area (Å²) in [6.45, 7) is 0.526. The van der Waals surface area contributed by atoms with Crippen LogP contribution in [0.4, 0.5) is 4.79 Å². The maximum Gasteiger partial charge on any atom is 0.335 e. The molecular formula is C15H18N2O3. The number of nitrogens with one attached hydrogen (secondary N) is 2. The number of carboxylic acid groups (broad SMARTS) is 1. The number of amides is 2. The number of rotatable bonds is 5. The highest BCUT2D eigenvalue weighted by atomic mass is 16.4. The van der Waals surface area contributed by atoms with Crippen LogP contribution in [0, 0.1) is 0 Å². The highest BCUT2D eigenvalue weighted by molar-refractivity contribution is 5.87. The van der Waals surface area contributed by atoms with Crippen molar-refractivity contribution in [3.8, 4) is 0 Å². The molecule has 0 aromatic heterocycles. The van der Waals surface area contributed by atoms with Crippen molar-refractivity contribution in [2.75, 3.05) is 6.54 Å². The van der Waals surface area contributed by atoms with Crippen molar-refractivity contribution < 1.29 is 14.7 Å². The molecule has 1 aliphatic carbocycles. The third-order valence-corrected chi connectivity index (χ3v) is 3.24. The van der Waals surface area contributed by atoms with Crippen LogP contribution >= 0.6 is 0 Å². The Morgan fingerprint density at radius 2 is 1.80 bits per heavy atom. The summed E-state index contributed by atoms with van der Waals surface area (Å²) >= 11 is 0. The summed E-state index contributed by atoms with van der Waals surface area (Å²) < 4.78 is 0. The third kappa shape index (κ3) is 4.12. The van der Waals surface area contributed by atoms with Crippen LogP contribution in [0.5, 0.6) is 0 Å². The van der Waals surface area contributed by atoms with Crippen LogP contribution in [0.25, 0.3) is 0 Å². The Hall–Kier alpha value is -2.30. The first-order valence-electron chi connectivity index (χ1n) is 6.67. The van der Waals surface area contributed by atoms with Crippen molar-refractivity contribution in [3.63, 3.8) is 0 Å². The molecule has 0 heterocycles. The molecule has 1 aromatic carbocycles. The molecule has 0 atom stereocenters. The average Bonchev–Trinajstić information content (AvgIpc) is 2.92. The van der Waals surface area contributed by atoms with Gasteiger partial charge in [0.1, 0.15) is 0 Å². The van der Waals surface area contributed by atoms with Gasteiger partial charge in [-0.3, -0.25) is 0 Å². The normalized spacial score (nSPS) is 14.2. The molecule has 0 fully saturated rings. The lowest BCUT2D eigenvalue weighted by Crippen LogP contribution is -2.41. The Bertz CT molecular complexity index is 500. The lowest BCUT2D eigenvalue weighted by Gasteiger charge is -2.13. The molecule has 1 aromatic rings. The van der Waals surface area contributed by atoms with Gasteiger partial charge in [0, 0.05) is 12.6 Å². The lowest BCUT2D eigenvalue weighted by molar-refractivity contribution is 0.0697. The predicted octanol–water partition coefficient (Wildman–Crippen LogP) is 1.95. The van der Waals surface area contributed by atoms with E-state index in [4.69, 9.17) is 5.11 Å². The van der Waals surface area contributed by atoms with Gasteiger partial charge in [-0.1, -0.05) is 24.3 Å². The quantitative estimate of drug-likeness (QED) is 0.718. The zero-order valence-electron chi connectivity index (χ0n) is 11.1. The first kappa shape index (κ1) is 14.1. The second-order valence-corrected chi connectivity index (χ2v) is 4.79. The van der Waals surface area contributed by atoms with E-state index in [0.717, 1.165) is 18.4 Å². The van der Waals surface area contributed by atoms with E-state index >= 15 is 0 Å². The van der Waals surface area contributed by atoms with Crippen LogP contribution < -0.4 is 10.6 Å². The minimum absolute atomic E-state index is 0.152. The molecule has 0 saturated carbocycles. The number of carbonyl (C=O) groups excluding carboxylic acids is 1. The van der Waals surface area contributed by atoms with Gasteiger partial charge in [0.2, 0.25) is 0 Å². The summed E-state index contributed by atoms with van der Waals surface area (Å²) in [5, 5.41) is 14.5. The van der Waals surface area contributed by atoms with Crippen LogP contribution in [-0.2, 0) is 6.42 Å². The fourth-order valence-corrected chi connectivity index (χ4v) is 2.11. The number of hydrogen-bond acceptors (Lipinski definition) is 2. The molecule has 0 spiro atoms. The van der Waals surface area contributed by atoms with Crippen molar-refractivity contribution in [1.82, 2.24) is 10.6 Å². The van der Waals surface area contributed by atoms with E-state index < -0.39 is 5.97 Å². The monoisotopic (exact) mass is 274 g/mol. The molecule has 0 radical (unpaired) electrons. The van der Waals surface area contributed by atoms with Gasteiger partial charge in [0.25, 0.3) is 0 Å². The highest BCUT2D eigenvalue weighted by Gasteiger charge is 2.12. The average molecular weight is 274 g/mol. The summed E-state index contributed by atoms with van der Waals surface area (Å²) in [7, 11) is 0. The van der Waals surface area contributed by atoms with Gasteiger partial charge in [-0.2, -0.15) is 0 Å². The van der Waals surface area contributed by atoms with Crippen LogP contribution in [0.3, 0.4) is 0 Å². The third-order valence-electron chi connectivity index (χ3n) is 3.24. The lowest BCUT2D eigenvalue weighted by atomic mass is 10.1. The predicted molar refractivity (Wildman–Crippen MR) is 75.8 cm³/mol. The number of urea groups is 1. The number of carbonyl (C=O) groups is 2. The molecule has 0 bridgehead atoms. The van der Waals surface area contributed by atoms with E-state index in [0.29, 0.717) is 13.0 Å². The topological polar surface area (TPSA) is 78.4 Å². The SMILES string of the molecule is O=C(NCCc1ccc(C(=O)O)cc1)NC1CC=CC1. The molecule has 0 saturated heterocycles. The van der Waals surface area contributed by atoms with E-state index in [1.165, 1.54) is 0 Å².